The Hall–Kier alpha value is -0.460. The normalized spacial score (nSPS) is 12.4. The number of nitrogens with one attached hydrogen (secondary N) is 1. The molecule has 1 atom stereocenters. The van der Waals surface area contributed by atoms with Gasteiger partial charge in [0.25, 0.3) is 0 Å². The van der Waals surface area contributed by atoms with Crippen LogP contribution in [0.2, 0.25) is 0 Å². The Morgan fingerprint density at radius 3 is 1.67 bits per heavy atom. The lowest BCUT2D eigenvalue weighted by Gasteiger charge is -2.08. The summed E-state index contributed by atoms with van der Waals surface area (Å²) >= 11 is 0. The molecule has 0 aliphatic heterocycles. The predicted molar refractivity (Wildman–Crippen MR) is 66.7 cm³/mol. The Morgan fingerprint density at radius 2 is 1.48 bits per heavy atom. The van der Waals surface area contributed by atoms with E-state index in [0.717, 1.165) is 6.42 Å². The van der Waals surface area contributed by atoms with Crippen LogP contribution in [0.1, 0.15) is 19.3 Å². The van der Waals surface area contributed by atoms with Crippen molar-refractivity contribution in [3.8, 4) is 0 Å². The highest BCUT2D eigenvalue weighted by atomic mass is 31.2. The van der Waals surface area contributed by atoms with E-state index in [1.165, 1.54) is 0 Å². The summed E-state index contributed by atoms with van der Waals surface area (Å²) in [6.07, 6.45) is 1.90. The highest BCUT2D eigenvalue weighted by Gasteiger charge is 2.14. The summed E-state index contributed by atoms with van der Waals surface area (Å²) in [5.41, 5.74) is 6.92. The summed E-state index contributed by atoms with van der Waals surface area (Å²) in [5.74, 6) is -1.04. The fraction of sp³-hybridized carbons (Fsp3) is 0.833. The van der Waals surface area contributed by atoms with Crippen molar-refractivity contribution in [2.45, 2.75) is 25.3 Å². The number of carboxylic acid groups (broad SMARTS) is 1. The van der Waals surface area contributed by atoms with Crippen molar-refractivity contribution >= 4 is 21.7 Å². The van der Waals surface area contributed by atoms with Crippen molar-refractivity contribution in [1.82, 2.24) is 5.48 Å². The maximum Gasteiger partial charge on any atom is 0.507 e. The summed E-state index contributed by atoms with van der Waals surface area (Å²) in [7, 11) is -9.78. The van der Waals surface area contributed by atoms with Crippen LogP contribution in [0.5, 0.6) is 0 Å². The summed E-state index contributed by atoms with van der Waals surface area (Å²) in [6, 6.07) is -0.860. The van der Waals surface area contributed by atoms with E-state index in [1.807, 2.05) is 0 Å². The van der Waals surface area contributed by atoms with Crippen LogP contribution in [0.4, 0.5) is 4.20 Å². The number of unbranched alkanes of at least 4 members (excludes halogenated alkanes) is 1. The molecule has 0 aliphatic rings. The Labute approximate surface area is 118 Å². The molecule has 0 rings (SSSR count). The van der Waals surface area contributed by atoms with Crippen LogP contribution < -0.4 is 11.2 Å². The first kappa shape index (κ1) is 25.5. The fourth-order valence-electron chi connectivity index (χ4n) is 0.736. The maximum atomic E-state index is 10.4. The minimum atomic E-state index is -5.14. The van der Waals surface area contributed by atoms with Crippen LogP contribution in [-0.4, -0.2) is 53.3 Å². The molecule has 0 saturated heterocycles. The van der Waals surface area contributed by atoms with Crippen molar-refractivity contribution in [2.24, 2.45) is 5.73 Å². The number of carboxylic acids is 1. The first-order valence-corrected chi connectivity index (χ1v) is 8.15. The Bertz CT molecular complexity index is 321. The quantitative estimate of drug-likeness (QED) is 0.152. The van der Waals surface area contributed by atoms with Gasteiger partial charge in [-0.2, -0.15) is 5.48 Å². The number of aliphatic carboxylic acids is 1. The lowest BCUT2D eigenvalue weighted by atomic mass is 10.1. The molecule has 15 heteroatoms. The monoisotopic (exact) mass is 360 g/mol. The van der Waals surface area contributed by atoms with Gasteiger partial charge in [-0.15, -0.1) is 4.20 Å². The largest absolute Gasteiger partial charge is 0.507 e. The van der Waals surface area contributed by atoms with E-state index in [9.17, 15) is 8.99 Å². The Morgan fingerprint density at radius 1 is 1.14 bits per heavy atom. The van der Waals surface area contributed by atoms with Crippen LogP contribution in [0, 0.1) is 0 Å². The third-order valence-corrected chi connectivity index (χ3v) is 1.40. The fourth-order valence-corrected chi connectivity index (χ4v) is 0.736. The third kappa shape index (κ3) is 54.1. The molecule has 0 fully saturated rings. The van der Waals surface area contributed by atoms with Gasteiger partial charge in [-0.25, -0.2) is 9.13 Å². The number of carbonyl (C=O) groups is 1. The van der Waals surface area contributed by atoms with Crippen molar-refractivity contribution in [3.63, 3.8) is 0 Å². The smallest absolute Gasteiger partial charge is 0.480 e. The van der Waals surface area contributed by atoms with Gasteiger partial charge in [-0.1, -0.05) is 0 Å². The number of halogens is 1. The molecule has 130 valence electrons. The SMILES string of the molecule is NCCCC[C@H](NO)C(=O)O.O=P(O)(O)F.O=P(O)(O)O. The minimum Gasteiger partial charge on any atom is -0.480 e. The van der Waals surface area contributed by atoms with Crippen molar-refractivity contribution in [3.05, 3.63) is 0 Å². The second-order valence-electron chi connectivity index (χ2n) is 3.29. The molecule has 0 unspecified atom stereocenters. The summed E-state index contributed by atoms with van der Waals surface area (Å²) in [6.45, 7) is 0.553. The second-order valence-corrected chi connectivity index (χ2v) is 5.26. The molecule has 0 aromatic heterocycles. The van der Waals surface area contributed by atoms with E-state index in [4.69, 9.17) is 49.6 Å². The van der Waals surface area contributed by atoms with Gasteiger partial charge < -0.3 is 30.7 Å². The van der Waals surface area contributed by atoms with E-state index >= 15 is 0 Å². The van der Waals surface area contributed by atoms with Crippen LogP contribution in [0.15, 0.2) is 0 Å². The zero-order valence-electron chi connectivity index (χ0n) is 10.6. The number of hydroxylamine groups is 1. The van der Waals surface area contributed by atoms with E-state index in [-0.39, 0.29) is 0 Å². The number of nitrogens with two attached hydrogens (primary N) is 1. The second kappa shape index (κ2) is 13.2. The molecule has 0 aromatic carbocycles. The summed E-state index contributed by atoms with van der Waals surface area (Å²) in [5, 5.41) is 16.8. The van der Waals surface area contributed by atoms with E-state index < -0.39 is 27.7 Å². The van der Waals surface area contributed by atoms with Crippen molar-refractivity contribution in [2.75, 3.05) is 6.54 Å². The van der Waals surface area contributed by atoms with Crippen LogP contribution >= 0.6 is 15.7 Å². The molecule has 0 amide bonds. The number of hydrogen-bond donors (Lipinski definition) is 9. The molecular weight excluding hydrogens is 341 g/mol. The summed E-state index contributed by atoms with van der Waals surface area (Å²) in [4.78, 5) is 45.8. The van der Waals surface area contributed by atoms with Gasteiger partial charge in [0.15, 0.2) is 0 Å². The molecular formula is C6H19FN2O10P2. The Balaban J connectivity index is -0.000000270. The topological polar surface area (TPSA) is 231 Å². The standard InChI is InChI=1S/C6H14N2O3.FH2O3P.H3O4P/c7-4-2-1-3-5(8-11)6(9)10;2*1-5(2,3)4/h5,8,11H,1-4,7H2,(H,9,10);(H2,2,3,4);(H3,1,2,3,4)/t5-;;/m0../s1. The number of phosphoric acid groups is 1. The molecule has 0 heterocycles. The van der Waals surface area contributed by atoms with Crippen molar-refractivity contribution < 1.29 is 52.9 Å². The van der Waals surface area contributed by atoms with Gasteiger partial charge in [0.2, 0.25) is 0 Å². The first-order chi connectivity index (χ1) is 9.22. The first-order valence-electron chi connectivity index (χ1n) is 5.08. The van der Waals surface area contributed by atoms with E-state index in [2.05, 4.69) is 0 Å². The number of hydrogen-bond acceptors (Lipinski definition) is 6. The summed E-state index contributed by atoms with van der Waals surface area (Å²) < 4.78 is 27.9. The van der Waals surface area contributed by atoms with Gasteiger partial charge in [0.05, 0.1) is 0 Å². The predicted octanol–water partition coefficient (Wildman–Crippen LogP) is -1.33. The molecule has 10 N–H and O–H groups in total. The minimum absolute atomic E-state index is 0.406. The van der Waals surface area contributed by atoms with Crippen LogP contribution in [0.25, 0.3) is 0 Å². The average Bonchev–Trinajstić information content (AvgIpc) is 2.19. The van der Waals surface area contributed by atoms with E-state index in [0.29, 0.717) is 19.4 Å². The molecule has 0 bridgehead atoms. The lowest BCUT2D eigenvalue weighted by Crippen LogP contribution is -2.34. The van der Waals surface area contributed by atoms with Crippen LogP contribution in [0.3, 0.4) is 0 Å². The maximum absolute atomic E-state index is 10.4. The molecule has 12 nitrogen and oxygen atoms in total. The zero-order valence-corrected chi connectivity index (χ0v) is 12.4. The molecule has 0 spiro atoms. The van der Waals surface area contributed by atoms with Crippen LogP contribution in [-0.2, 0) is 13.9 Å². The lowest BCUT2D eigenvalue weighted by molar-refractivity contribution is -0.142. The zero-order chi connectivity index (χ0) is 17.7. The van der Waals surface area contributed by atoms with Gasteiger partial charge in [-0.3, -0.25) is 14.6 Å². The van der Waals surface area contributed by atoms with Gasteiger partial charge in [0.1, 0.15) is 6.04 Å². The molecule has 0 saturated carbocycles. The van der Waals surface area contributed by atoms with Gasteiger partial charge in [0, 0.05) is 0 Å². The van der Waals surface area contributed by atoms with Crippen molar-refractivity contribution in [1.29, 1.82) is 0 Å². The van der Waals surface area contributed by atoms with Gasteiger partial charge >= 0.3 is 21.7 Å². The number of rotatable bonds is 6. The Kier molecular flexibility index (Phi) is 16.0. The molecule has 0 radical (unpaired) electrons. The van der Waals surface area contributed by atoms with E-state index in [1.54, 1.807) is 5.48 Å². The highest BCUT2D eigenvalue weighted by Crippen LogP contribution is 2.35. The molecule has 0 aliphatic carbocycles. The molecule has 0 aromatic rings. The average molecular weight is 360 g/mol. The highest BCUT2D eigenvalue weighted by molar-refractivity contribution is 7.45. The molecule has 21 heavy (non-hydrogen) atoms. The third-order valence-electron chi connectivity index (χ3n) is 1.40. The van der Waals surface area contributed by atoms with Gasteiger partial charge in [-0.05, 0) is 25.8 Å².